The van der Waals surface area contributed by atoms with Gasteiger partial charge in [0.25, 0.3) is 0 Å². The SMILES string of the molecule is C=CC(=O)N1CC=C(C(=N/C=C\C)/C(=C/C)Nc2ccc(OC(F)(F)F)nc2)CC1. The van der Waals surface area contributed by atoms with Crippen molar-refractivity contribution in [1.82, 2.24) is 9.88 Å². The Morgan fingerprint density at radius 1 is 1.37 bits per heavy atom. The Kier molecular flexibility index (Phi) is 7.97. The fourth-order valence-electron chi connectivity index (χ4n) is 2.74. The molecule has 1 amide bonds. The van der Waals surface area contributed by atoms with Crippen LogP contribution in [0.3, 0.4) is 0 Å². The number of aromatic nitrogens is 1. The van der Waals surface area contributed by atoms with Gasteiger partial charge in [-0.15, -0.1) is 13.2 Å². The lowest BCUT2D eigenvalue weighted by Gasteiger charge is -2.26. The Balaban J connectivity index is 2.21. The lowest BCUT2D eigenvalue weighted by atomic mass is 10.00. The first-order valence-corrected chi connectivity index (χ1v) is 9.22. The number of hydrogen-bond acceptors (Lipinski definition) is 5. The number of rotatable bonds is 7. The van der Waals surface area contributed by atoms with Crippen molar-refractivity contribution in [2.75, 3.05) is 18.4 Å². The van der Waals surface area contributed by atoms with Crippen LogP contribution in [0.25, 0.3) is 0 Å². The van der Waals surface area contributed by atoms with E-state index in [0.717, 1.165) is 11.6 Å². The molecule has 160 valence electrons. The average Bonchev–Trinajstić information content (AvgIpc) is 2.73. The summed E-state index contributed by atoms with van der Waals surface area (Å²) in [5.41, 5.74) is 2.77. The average molecular weight is 420 g/mol. The largest absolute Gasteiger partial charge is 0.574 e. The van der Waals surface area contributed by atoms with Crippen molar-refractivity contribution in [2.24, 2.45) is 4.99 Å². The molecular formula is C21H23F3N4O2. The van der Waals surface area contributed by atoms with E-state index in [4.69, 9.17) is 0 Å². The number of amides is 1. The third kappa shape index (κ3) is 6.61. The van der Waals surface area contributed by atoms with Crippen LogP contribution >= 0.6 is 0 Å². The first-order chi connectivity index (χ1) is 14.3. The van der Waals surface area contributed by atoms with Gasteiger partial charge in [0.1, 0.15) is 0 Å². The van der Waals surface area contributed by atoms with Crippen LogP contribution < -0.4 is 10.1 Å². The minimum absolute atomic E-state index is 0.131. The van der Waals surface area contributed by atoms with Gasteiger partial charge in [-0.05, 0) is 38.0 Å². The van der Waals surface area contributed by atoms with Crippen LogP contribution in [0.1, 0.15) is 20.3 Å². The molecule has 0 spiro atoms. The van der Waals surface area contributed by atoms with Crippen LogP contribution in [0.5, 0.6) is 5.88 Å². The number of alkyl halides is 3. The highest BCUT2D eigenvalue weighted by atomic mass is 19.4. The fourth-order valence-corrected chi connectivity index (χ4v) is 2.74. The smallest absolute Gasteiger partial charge is 0.388 e. The number of allylic oxidation sites excluding steroid dienone is 3. The number of carbonyl (C=O) groups is 1. The number of nitrogens with zero attached hydrogens (tertiary/aromatic N) is 3. The van der Waals surface area contributed by atoms with Crippen molar-refractivity contribution < 1.29 is 22.7 Å². The maximum Gasteiger partial charge on any atom is 0.574 e. The maximum absolute atomic E-state index is 12.3. The molecule has 0 radical (unpaired) electrons. The molecule has 6 nitrogen and oxygen atoms in total. The molecular weight excluding hydrogens is 397 g/mol. The van der Waals surface area contributed by atoms with Crippen molar-refractivity contribution in [2.45, 2.75) is 26.6 Å². The molecule has 0 fully saturated rings. The number of halogens is 3. The zero-order valence-electron chi connectivity index (χ0n) is 16.7. The number of carbonyl (C=O) groups excluding carboxylic acids is 1. The summed E-state index contributed by atoms with van der Waals surface area (Å²) in [5.74, 6) is -0.672. The highest BCUT2D eigenvalue weighted by molar-refractivity contribution is 6.14. The molecule has 0 saturated heterocycles. The van der Waals surface area contributed by atoms with Gasteiger partial charge in [0.15, 0.2) is 0 Å². The minimum Gasteiger partial charge on any atom is -0.388 e. The van der Waals surface area contributed by atoms with E-state index in [1.807, 2.05) is 26.0 Å². The zero-order valence-corrected chi connectivity index (χ0v) is 16.7. The normalized spacial score (nSPS) is 15.8. The van der Waals surface area contributed by atoms with E-state index >= 15 is 0 Å². The Morgan fingerprint density at radius 2 is 2.13 bits per heavy atom. The quantitative estimate of drug-likeness (QED) is 0.517. The predicted octanol–water partition coefficient (Wildman–Crippen LogP) is 4.62. The number of nitrogens with one attached hydrogen (secondary N) is 1. The van der Waals surface area contributed by atoms with Gasteiger partial charge in [-0.2, -0.15) is 0 Å². The van der Waals surface area contributed by atoms with E-state index in [-0.39, 0.29) is 5.91 Å². The van der Waals surface area contributed by atoms with E-state index < -0.39 is 12.2 Å². The molecule has 1 aromatic heterocycles. The van der Waals surface area contributed by atoms with Crippen LogP contribution in [0.4, 0.5) is 18.9 Å². The summed E-state index contributed by atoms with van der Waals surface area (Å²) in [6.07, 6.45) is 5.52. The minimum atomic E-state index is -4.79. The van der Waals surface area contributed by atoms with Gasteiger partial charge in [-0.3, -0.25) is 9.79 Å². The molecule has 1 aromatic rings. The third-order valence-electron chi connectivity index (χ3n) is 4.13. The van der Waals surface area contributed by atoms with Gasteiger partial charge < -0.3 is 15.0 Å². The lowest BCUT2D eigenvalue weighted by Crippen LogP contribution is -2.35. The third-order valence-corrected chi connectivity index (χ3v) is 4.13. The van der Waals surface area contributed by atoms with Crippen molar-refractivity contribution >= 4 is 17.3 Å². The molecule has 0 unspecified atom stereocenters. The van der Waals surface area contributed by atoms with Crippen LogP contribution in [0, 0.1) is 0 Å². The van der Waals surface area contributed by atoms with Gasteiger partial charge in [0.2, 0.25) is 11.8 Å². The van der Waals surface area contributed by atoms with Crippen LogP contribution in [-0.4, -0.2) is 41.0 Å². The summed E-state index contributed by atoms with van der Waals surface area (Å²) in [7, 11) is 0. The van der Waals surface area contributed by atoms with E-state index in [1.54, 1.807) is 17.2 Å². The van der Waals surface area contributed by atoms with Crippen LogP contribution in [0.15, 0.2) is 71.7 Å². The monoisotopic (exact) mass is 420 g/mol. The number of pyridine rings is 1. The Morgan fingerprint density at radius 3 is 2.63 bits per heavy atom. The number of hydrogen-bond donors (Lipinski definition) is 1. The maximum atomic E-state index is 12.3. The molecule has 0 atom stereocenters. The molecule has 2 heterocycles. The molecule has 1 N–H and O–H groups in total. The van der Waals surface area contributed by atoms with Crippen molar-refractivity contribution in [3.05, 3.63) is 66.7 Å². The van der Waals surface area contributed by atoms with Crippen molar-refractivity contribution in [1.29, 1.82) is 0 Å². The second kappa shape index (κ2) is 10.4. The summed E-state index contributed by atoms with van der Waals surface area (Å²) in [6.45, 7) is 8.14. The summed E-state index contributed by atoms with van der Waals surface area (Å²) < 4.78 is 40.7. The number of anilines is 1. The Hall–Kier alpha value is -3.36. The standard InChI is InChI=1S/C21H23F3N4O2/c1-4-11-25-20(15-9-12-28(13-10-15)19(29)6-3)17(5-2)27-16-7-8-18(26-14-16)30-21(22,23)24/h4-9,11,14,27H,3,10,12-13H2,1-2H3/b11-4-,17-5-,25-20-. The molecule has 1 aliphatic heterocycles. The second-order valence-electron chi connectivity index (χ2n) is 6.19. The highest BCUT2D eigenvalue weighted by Gasteiger charge is 2.31. The fraction of sp³-hybridized carbons (Fsp3) is 0.286. The highest BCUT2D eigenvalue weighted by Crippen LogP contribution is 2.23. The van der Waals surface area contributed by atoms with Crippen LogP contribution in [-0.2, 0) is 4.79 Å². The first kappa shape index (κ1) is 22.9. The molecule has 0 bridgehead atoms. The second-order valence-corrected chi connectivity index (χ2v) is 6.19. The number of ether oxygens (including phenoxy) is 1. The molecule has 2 rings (SSSR count). The topological polar surface area (TPSA) is 66.8 Å². The van der Waals surface area contributed by atoms with E-state index in [0.29, 0.717) is 36.6 Å². The van der Waals surface area contributed by atoms with Gasteiger partial charge in [-0.1, -0.05) is 24.8 Å². The van der Waals surface area contributed by atoms with Gasteiger partial charge in [-0.25, -0.2) is 4.98 Å². The Bertz CT molecular complexity index is 885. The summed E-state index contributed by atoms with van der Waals surface area (Å²) in [6, 6.07) is 2.56. The molecule has 1 aliphatic rings. The van der Waals surface area contributed by atoms with E-state index in [1.165, 1.54) is 18.3 Å². The molecule has 0 saturated carbocycles. The predicted molar refractivity (Wildman–Crippen MR) is 110 cm³/mol. The van der Waals surface area contributed by atoms with Crippen molar-refractivity contribution in [3.63, 3.8) is 0 Å². The number of aliphatic imine (C=N–C) groups is 1. The van der Waals surface area contributed by atoms with Gasteiger partial charge in [0.05, 0.1) is 23.3 Å². The molecule has 0 aliphatic carbocycles. The lowest BCUT2D eigenvalue weighted by molar-refractivity contribution is -0.276. The van der Waals surface area contributed by atoms with Gasteiger partial charge in [0, 0.05) is 25.4 Å². The Labute approximate surface area is 173 Å². The molecule has 0 aromatic carbocycles. The summed E-state index contributed by atoms with van der Waals surface area (Å²) in [4.78, 5) is 21.6. The zero-order chi connectivity index (χ0) is 22.1. The summed E-state index contributed by atoms with van der Waals surface area (Å²) in [5, 5.41) is 3.13. The summed E-state index contributed by atoms with van der Waals surface area (Å²) >= 11 is 0. The van der Waals surface area contributed by atoms with Crippen molar-refractivity contribution in [3.8, 4) is 5.88 Å². The van der Waals surface area contributed by atoms with E-state index in [2.05, 4.69) is 26.6 Å². The van der Waals surface area contributed by atoms with E-state index in [9.17, 15) is 18.0 Å². The first-order valence-electron chi connectivity index (χ1n) is 9.22. The van der Waals surface area contributed by atoms with Gasteiger partial charge >= 0.3 is 6.36 Å². The molecule has 30 heavy (non-hydrogen) atoms. The molecule has 9 heteroatoms. The van der Waals surface area contributed by atoms with Crippen LogP contribution in [0.2, 0.25) is 0 Å².